The van der Waals surface area contributed by atoms with Gasteiger partial charge in [-0.1, -0.05) is 32.1 Å². The van der Waals surface area contributed by atoms with Crippen LogP contribution in [0, 0.1) is 5.92 Å². The maximum Gasteiger partial charge on any atom is 0.00363 e. The molecule has 2 nitrogen and oxygen atoms in total. The molecule has 2 atom stereocenters. The normalized spacial score (nSPS) is 16.4. The van der Waals surface area contributed by atoms with Crippen molar-refractivity contribution in [1.82, 2.24) is 5.32 Å². The fraction of sp³-hybridized carbons (Fsp3) is 0.625. The first-order valence-corrected chi connectivity index (χ1v) is 7.07. The summed E-state index contributed by atoms with van der Waals surface area (Å²) < 4.78 is 0. The van der Waals surface area contributed by atoms with Crippen LogP contribution < -0.4 is 11.1 Å². The van der Waals surface area contributed by atoms with E-state index in [2.05, 4.69) is 50.4 Å². The van der Waals surface area contributed by atoms with Gasteiger partial charge in [-0.2, -0.15) is 0 Å². The van der Waals surface area contributed by atoms with Gasteiger partial charge in [0.15, 0.2) is 0 Å². The van der Waals surface area contributed by atoms with Crippen molar-refractivity contribution in [3.05, 3.63) is 36.1 Å². The molecule has 18 heavy (non-hydrogen) atoms. The van der Waals surface area contributed by atoms with Gasteiger partial charge in [-0.3, -0.25) is 0 Å². The van der Waals surface area contributed by atoms with Gasteiger partial charge in [0.1, 0.15) is 0 Å². The topological polar surface area (TPSA) is 38.0 Å². The smallest absolute Gasteiger partial charge is 0.00363 e. The monoisotopic (exact) mass is 250 g/mol. The molecule has 0 rings (SSSR count). The van der Waals surface area contributed by atoms with Crippen LogP contribution in [0.15, 0.2) is 36.1 Å². The van der Waals surface area contributed by atoms with Crippen LogP contribution in [0.2, 0.25) is 0 Å². The Morgan fingerprint density at radius 2 is 2.11 bits per heavy atom. The van der Waals surface area contributed by atoms with Gasteiger partial charge in [-0.05, 0) is 56.4 Å². The number of hydrogen-bond donors (Lipinski definition) is 2. The van der Waals surface area contributed by atoms with E-state index in [0.29, 0.717) is 12.0 Å². The van der Waals surface area contributed by atoms with Crippen LogP contribution in [0.5, 0.6) is 0 Å². The molecule has 0 aliphatic rings. The highest BCUT2D eigenvalue weighted by Crippen LogP contribution is 2.14. The van der Waals surface area contributed by atoms with Crippen molar-refractivity contribution in [1.29, 1.82) is 0 Å². The van der Waals surface area contributed by atoms with Crippen LogP contribution in [0.4, 0.5) is 0 Å². The summed E-state index contributed by atoms with van der Waals surface area (Å²) in [6, 6.07) is 0.375. The Labute approximate surface area is 113 Å². The van der Waals surface area contributed by atoms with E-state index in [1.807, 2.05) is 13.2 Å². The average Bonchev–Trinajstić information content (AvgIpc) is 2.38. The SMILES string of the molecule is C/C=C(/C=C/NC)C(C)/C=C\CCCC(N)CC. The molecule has 0 aromatic heterocycles. The molecule has 0 amide bonds. The average molecular weight is 250 g/mol. The second-order valence-electron chi connectivity index (χ2n) is 4.73. The molecule has 0 aromatic carbocycles. The van der Waals surface area contributed by atoms with E-state index in [-0.39, 0.29) is 0 Å². The van der Waals surface area contributed by atoms with Crippen LogP contribution in [0.1, 0.15) is 46.5 Å². The molecule has 0 aromatic rings. The minimum Gasteiger partial charge on any atom is -0.394 e. The van der Waals surface area contributed by atoms with Gasteiger partial charge >= 0.3 is 0 Å². The summed E-state index contributed by atoms with van der Waals surface area (Å²) in [5.41, 5.74) is 7.23. The lowest BCUT2D eigenvalue weighted by atomic mass is 9.99. The number of nitrogens with two attached hydrogens (primary N) is 1. The van der Waals surface area contributed by atoms with E-state index < -0.39 is 0 Å². The molecule has 0 spiro atoms. The third kappa shape index (κ3) is 8.13. The summed E-state index contributed by atoms with van der Waals surface area (Å²) in [4.78, 5) is 0. The first-order valence-electron chi connectivity index (χ1n) is 7.07. The van der Waals surface area contributed by atoms with Crippen LogP contribution >= 0.6 is 0 Å². The summed E-state index contributed by atoms with van der Waals surface area (Å²) in [6.45, 7) is 6.46. The number of unbranched alkanes of at least 4 members (excludes halogenated alkanes) is 1. The van der Waals surface area contributed by atoms with Crippen LogP contribution in [-0.2, 0) is 0 Å². The first-order chi connectivity index (χ1) is 8.65. The van der Waals surface area contributed by atoms with E-state index in [1.165, 1.54) is 12.0 Å². The number of hydrogen-bond acceptors (Lipinski definition) is 2. The summed E-state index contributed by atoms with van der Waals surface area (Å²) in [5, 5.41) is 3.02. The van der Waals surface area contributed by atoms with Crippen molar-refractivity contribution in [3.8, 4) is 0 Å². The Kier molecular flexibility index (Phi) is 10.5. The lowest BCUT2D eigenvalue weighted by Crippen LogP contribution is -2.17. The molecule has 2 unspecified atom stereocenters. The Balaban J connectivity index is 3.98. The molecule has 0 fully saturated rings. The van der Waals surface area contributed by atoms with Crippen LogP contribution in [-0.4, -0.2) is 13.1 Å². The number of nitrogens with one attached hydrogen (secondary N) is 1. The highest BCUT2D eigenvalue weighted by molar-refractivity contribution is 5.23. The lowest BCUT2D eigenvalue weighted by molar-refractivity contribution is 0.571. The van der Waals surface area contributed by atoms with E-state index in [4.69, 9.17) is 5.73 Å². The van der Waals surface area contributed by atoms with Crippen LogP contribution in [0.3, 0.4) is 0 Å². The van der Waals surface area contributed by atoms with Crippen molar-refractivity contribution in [2.24, 2.45) is 11.7 Å². The molecule has 0 saturated carbocycles. The van der Waals surface area contributed by atoms with Crippen molar-refractivity contribution in [3.63, 3.8) is 0 Å². The zero-order valence-electron chi connectivity index (χ0n) is 12.4. The first kappa shape index (κ1) is 17.0. The molecule has 0 saturated heterocycles. The molecule has 0 heterocycles. The van der Waals surface area contributed by atoms with E-state index in [1.54, 1.807) is 0 Å². The maximum absolute atomic E-state index is 5.89. The van der Waals surface area contributed by atoms with Gasteiger partial charge in [0, 0.05) is 13.1 Å². The van der Waals surface area contributed by atoms with Gasteiger partial charge < -0.3 is 11.1 Å². The number of allylic oxidation sites excluding steroid dienone is 5. The minimum atomic E-state index is 0.375. The second-order valence-corrected chi connectivity index (χ2v) is 4.73. The summed E-state index contributed by atoms with van der Waals surface area (Å²) in [5.74, 6) is 0.472. The maximum atomic E-state index is 5.89. The summed E-state index contributed by atoms with van der Waals surface area (Å²) in [6.07, 6.45) is 15.4. The molecule has 3 N–H and O–H groups in total. The highest BCUT2D eigenvalue weighted by Gasteiger charge is 2.00. The molecule has 0 radical (unpaired) electrons. The molecule has 0 aliphatic heterocycles. The molecular formula is C16H30N2. The third-order valence-electron chi connectivity index (χ3n) is 3.20. The summed E-state index contributed by atoms with van der Waals surface area (Å²) >= 11 is 0. The van der Waals surface area contributed by atoms with Gasteiger partial charge in [0.05, 0.1) is 0 Å². The summed E-state index contributed by atoms with van der Waals surface area (Å²) in [7, 11) is 1.92. The lowest BCUT2D eigenvalue weighted by Gasteiger charge is -2.08. The Bertz CT molecular complexity index is 277. The molecule has 0 bridgehead atoms. The second kappa shape index (κ2) is 11.1. The molecular weight excluding hydrogens is 220 g/mol. The van der Waals surface area contributed by atoms with Crippen LogP contribution in [0.25, 0.3) is 0 Å². The zero-order valence-corrected chi connectivity index (χ0v) is 12.4. The fourth-order valence-electron chi connectivity index (χ4n) is 1.80. The van der Waals surface area contributed by atoms with E-state index >= 15 is 0 Å². The fourth-order valence-corrected chi connectivity index (χ4v) is 1.80. The third-order valence-corrected chi connectivity index (χ3v) is 3.20. The van der Waals surface area contributed by atoms with Gasteiger partial charge in [0.25, 0.3) is 0 Å². The van der Waals surface area contributed by atoms with Crippen molar-refractivity contribution < 1.29 is 0 Å². The molecule has 2 heteroatoms. The molecule has 104 valence electrons. The Morgan fingerprint density at radius 1 is 1.39 bits per heavy atom. The predicted octanol–water partition coefficient (Wildman–Crippen LogP) is 3.77. The molecule has 0 aliphatic carbocycles. The Morgan fingerprint density at radius 3 is 2.67 bits per heavy atom. The van der Waals surface area contributed by atoms with Crippen molar-refractivity contribution in [2.45, 2.75) is 52.5 Å². The standard InChI is InChI=1S/C16H30N2/c1-5-15(12-13-18-4)14(3)10-8-7-9-11-16(17)6-2/h5,8,10,12-14,16,18H,6-7,9,11,17H2,1-4H3/b10-8-,13-12+,15-5-. The van der Waals surface area contributed by atoms with Gasteiger partial charge in [-0.25, -0.2) is 0 Å². The van der Waals surface area contributed by atoms with E-state index in [0.717, 1.165) is 19.3 Å². The van der Waals surface area contributed by atoms with Gasteiger partial charge in [0.2, 0.25) is 0 Å². The zero-order chi connectivity index (χ0) is 13.8. The predicted molar refractivity (Wildman–Crippen MR) is 82.4 cm³/mol. The quantitative estimate of drug-likeness (QED) is 0.371. The van der Waals surface area contributed by atoms with E-state index in [9.17, 15) is 0 Å². The number of rotatable bonds is 9. The van der Waals surface area contributed by atoms with Gasteiger partial charge in [-0.15, -0.1) is 0 Å². The van der Waals surface area contributed by atoms with Crippen molar-refractivity contribution >= 4 is 0 Å². The largest absolute Gasteiger partial charge is 0.394 e. The highest BCUT2D eigenvalue weighted by atomic mass is 14.8. The Hall–Kier alpha value is -1.02. The van der Waals surface area contributed by atoms with Crippen molar-refractivity contribution in [2.75, 3.05) is 7.05 Å². The minimum absolute atomic E-state index is 0.375.